The molecule has 0 saturated carbocycles. The minimum Gasteiger partial charge on any atom is -0.336 e. The van der Waals surface area contributed by atoms with Crippen LogP contribution in [0.25, 0.3) is 0 Å². The number of aromatic amines is 1. The van der Waals surface area contributed by atoms with E-state index < -0.39 is 0 Å². The Kier molecular flexibility index (Phi) is 3.78. The predicted molar refractivity (Wildman–Crippen MR) is 88.1 cm³/mol. The average molecular weight is 330 g/mol. The highest BCUT2D eigenvalue weighted by Crippen LogP contribution is 2.22. The van der Waals surface area contributed by atoms with E-state index >= 15 is 0 Å². The lowest BCUT2D eigenvalue weighted by atomic mass is 10.0. The van der Waals surface area contributed by atoms with Crippen LogP contribution in [-0.2, 0) is 12.8 Å². The van der Waals surface area contributed by atoms with Crippen molar-refractivity contribution < 1.29 is 9.59 Å². The summed E-state index contributed by atoms with van der Waals surface area (Å²) in [7, 11) is 0. The van der Waals surface area contributed by atoms with Crippen molar-refractivity contribution >= 4 is 11.9 Å². The molecule has 0 radical (unpaired) electrons. The number of aryl methyl sites for hydroxylation is 2. The number of hydrogen-bond donors (Lipinski definition) is 2. The molecule has 2 N–H and O–H groups in total. The van der Waals surface area contributed by atoms with Gasteiger partial charge in [0.1, 0.15) is 5.56 Å². The lowest BCUT2D eigenvalue weighted by molar-refractivity contribution is 0.0632. The number of pyridine rings is 1. The Hall–Kier alpha value is -2.31. The van der Waals surface area contributed by atoms with Crippen LogP contribution >= 0.6 is 0 Å². The quantitative estimate of drug-likeness (QED) is 0.828. The SMILES string of the molecule is O=C(c1cc2c([nH]c1=O)CCC2)N1CCC[C@@H](N2CCNC2=O)C1. The Morgan fingerprint density at radius 2 is 2.04 bits per heavy atom. The number of carbonyl (C=O) groups is 2. The van der Waals surface area contributed by atoms with Gasteiger partial charge in [-0.05, 0) is 43.7 Å². The number of amides is 3. The molecule has 24 heavy (non-hydrogen) atoms. The number of hydrogen-bond acceptors (Lipinski definition) is 3. The van der Waals surface area contributed by atoms with Crippen molar-refractivity contribution in [3.05, 3.63) is 33.2 Å². The van der Waals surface area contributed by atoms with Crippen molar-refractivity contribution in [2.75, 3.05) is 26.2 Å². The number of aromatic nitrogens is 1. The van der Waals surface area contributed by atoms with Crippen LogP contribution in [0.15, 0.2) is 10.9 Å². The lowest BCUT2D eigenvalue weighted by Crippen LogP contribution is -2.51. The predicted octanol–water partition coefficient (Wildman–Crippen LogP) is 0.493. The highest BCUT2D eigenvalue weighted by Gasteiger charge is 2.33. The molecule has 0 unspecified atom stereocenters. The molecule has 1 aliphatic carbocycles. The summed E-state index contributed by atoms with van der Waals surface area (Å²) in [6.07, 6.45) is 4.58. The molecule has 7 nitrogen and oxygen atoms in total. The Morgan fingerprint density at radius 3 is 2.83 bits per heavy atom. The van der Waals surface area contributed by atoms with E-state index in [0.717, 1.165) is 43.4 Å². The van der Waals surface area contributed by atoms with Gasteiger partial charge < -0.3 is 20.1 Å². The van der Waals surface area contributed by atoms with Crippen LogP contribution in [0.3, 0.4) is 0 Å². The molecule has 1 atom stereocenters. The Labute approximate surface area is 140 Å². The average Bonchev–Trinajstić information content (AvgIpc) is 3.21. The van der Waals surface area contributed by atoms with Gasteiger partial charge in [-0.2, -0.15) is 0 Å². The molecule has 1 aromatic rings. The molecule has 2 saturated heterocycles. The van der Waals surface area contributed by atoms with Crippen LogP contribution in [-0.4, -0.2) is 58.9 Å². The highest BCUT2D eigenvalue weighted by atomic mass is 16.2. The minimum atomic E-state index is -0.290. The minimum absolute atomic E-state index is 0.0405. The van der Waals surface area contributed by atoms with Gasteiger partial charge in [-0.15, -0.1) is 0 Å². The molecule has 2 fully saturated rings. The normalized spacial score (nSPS) is 23.3. The summed E-state index contributed by atoms with van der Waals surface area (Å²) in [6, 6.07) is 1.76. The number of nitrogens with one attached hydrogen (secondary N) is 2. The summed E-state index contributed by atoms with van der Waals surface area (Å²) < 4.78 is 0. The first-order chi connectivity index (χ1) is 11.6. The number of likely N-dealkylation sites (tertiary alicyclic amines) is 1. The van der Waals surface area contributed by atoms with E-state index in [0.29, 0.717) is 26.2 Å². The Balaban J connectivity index is 1.54. The van der Waals surface area contributed by atoms with Crippen LogP contribution in [0.1, 0.15) is 40.9 Å². The van der Waals surface area contributed by atoms with E-state index in [1.807, 2.05) is 4.90 Å². The monoisotopic (exact) mass is 330 g/mol. The van der Waals surface area contributed by atoms with Crippen molar-refractivity contribution in [3.8, 4) is 0 Å². The summed E-state index contributed by atoms with van der Waals surface area (Å²) in [6.45, 7) is 2.49. The van der Waals surface area contributed by atoms with Gasteiger partial charge in [0.05, 0.1) is 6.04 Å². The number of rotatable bonds is 2. The van der Waals surface area contributed by atoms with Crippen LogP contribution < -0.4 is 10.9 Å². The smallest absolute Gasteiger partial charge is 0.317 e. The molecule has 128 valence electrons. The van der Waals surface area contributed by atoms with E-state index in [1.165, 1.54) is 0 Å². The van der Waals surface area contributed by atoms with E-state index in [9.17, 15) is 14.4 Å². The molecule has 3 amide bonds. The Morgan fingerprint density at radius 1 is 1.17 bits per heavy atom. The molecule has 2 aliphatic heterocycles. The van der Waals surface area contributed by atoms with E-state index in [1.54, 1.807) is 11.0 Å². The first-order valence-electron chi connectivity index (χ1n) is 8.72. The zero-order valence-electron chi connectivity index (χ0n) is 13.6. The third kappa shape index (κ3) is 2.57. The third-order valence-corrected chi connectivity index (χ3v) is 5.33. The second kappa shape index (κ2) is 5.96. The number of fused-ring (bicyclic) bond motifs is 1. The first kappa shape index (κ1) is 15.2. The maximum absolute atomic E-state index is 12.8. The van der Waals surface area contributed by atoms with Crippen LogP contribution in [0.4, 0.5) is 4.79 Å². The number of carbonyl (C=O) groups excluding carboxylic acids is 2. The molecule has 1 aromatic heterocycles. The van der Waals surface area contributed by atoms with Crippen molar-refractivity contribution in [2.45, 2.75) is 38.1 Å². The highest BCUT2D eigenvalue weighted by molar-refractivity contribution is 5.94. The van der Waals surface area contributed by atoms with Gasteiger partial charge in [0.15, 0.2) is 0 Å². The van der Waals surface area contributed by atoms with E-state index in [4.69, 9.17) is 0 Å². The fourth-order valence-corrected chi connectivity index (χ4v) is 4.07. The second-order valence-corrected chi connectivity index (χ2v) is 6.84. The molecule has 0 aromatic carbocycles. The summed E-state index contributed by atoms with van der Waals surface area (Å²) in [5, 5.41) is 2.81. The van der Waals surface area contributed by atoms with Crippen molar-refractivity contribution in [1.82, 2.24) is 20.1 Å². The second-order valence-electron chi connectivity index (χ2n) is 6.84. The van der Waals surface area contributed by atoms with Gasteiger partial charge in [-0.3, -0.25) is 9.59 Å². The summed E-state index contributed by atoms with van der Waals surface area (Å²) >= 11 is 0. The maximum Gasteiger partial charge on any atom is 0.317 e. The number of urea groups is 1. The van der Waals surface area contributed by atoms with Crippen molar-refractivity contribution in [1.29, 1.82) is 0 Å². The zero-order valence-corrected chi connectivity index (χ0v) is 13.6. The molecule has 0 spiro atoms. The van der Waals surface area contributed by atoms with E-state index in [2.05, 4.69) is 10.3 Å². The lowest BCUT2D eigenvalue weighted by Gasteiger charge is -2.37. The van der Waals surface area contributed by atoms with Gasteiger partial charge in [0.2, 0.25) is 0 Å². The molecule has 3 aliphatic rings. The van der Waals surface area contributed by atoms with Gasteiger partial charge >= 0.3 is 6.03 Å². The largest absolute Gasteiger partial charge is 0.336 e. The number of nitrogens with zero attached hydrogens (tertiary/aromatic N) is 2. The summed E-state index contributed by atoms with van der Waals surface area (Å²) in [5.74, 6) is -0.213. The fraction of sp³-hybridized carbons (Fsp3) is 0.588. The molecule has 4 rings (SSSR count). The Bertz CT molecular complexity index is 742. The number of piperidine rings is 1. The van der Waals surface area contributed by atoms with Gasteiger partial charge in [-0.1, -0.05) is 0 Å². The van der Waals surface area contributed by atoms with Gasteiger partial charge in [0, 0.05) is 31.9 Å². The van der Waals surface area contributed by atoms with Crippen molar-refractivity contribution in [2.24, 2.45) is 0 Å². The molecule has 7 heteroatoms. The summed E-state index contributed by atoms with van der Waals surface area (Å²) in [5.41, 5.74) is 2.01. The topological polar surface area (TPSA) is 85.5 Å². The van der Waals surface area contributed by atoms with Crippen LogP contribution in [0.2, 0.25) is 0 Å². The van der Waals surface area contributed by atoms with Crippen molar-refractivity contribution in [3.63, 3.8) is 0 Å². The standard InChI is InChI=1S/C17H22N4O3/c22-15-13(9-11-3-1-5-14(11)19-15)16(23)20-7-2-4-12(10-20)21-8-6-18-17(21)24/h9,12H,1-8,10H2,(H,18,24)(H,19,22)/t12-/m1/s1. The van der Waals surface area contributed by atoms with E-state index in [-0.39, 0.29) is 29.1 Å². The van der Waals surface area contributed by atoms with Gasteiger partial charge in [0.25, 0.3) is 11.5 Å². The summed E-state index contributed by atoms with van der Waals surface area (Å²) in [4.78, 5) is 43.4. The van der Waals surface area contributed by atoms with Crippen LogP contribution in [0.5, 0.6) is 0 Å². The first-order valence-corrected chi connectivity index (χ1v) is 8.72. The maximum atomic E-state index is 12.8. The number of H-pyrrole nitrogens is 1. The molecular weight excluding hydrogens is 308 g/mol. The molecular formula is C17H22N4O3. The third-order valence-electron chi connectivity index (χ3n) is 5.33. The molecule has 3 heterocycles. The fourth-order valence-electron chi connectivity index (χ4n) is 4.07. The zero-order chi connectivity index (χ0) is 16.7. The van der Waals surface area contributed by atoms with Crippen LogP contribution in [0, 0.1) is 0 Å². The van der Waals surface area contributed by atoms with Gasteiger partial charge in [-0.25, -0.2) is 4.79 Å². The molecule has 0 bridgehead atoms.